The molecule has 0 spiro atoms. The van der Waals surface area contributed by atoms with Gasteiger partial charge in [-0.15, -0.1) is 0 Å². The van der Waals surface area contributed by atoms with Crippen LogP contribution in [-0.2, 0) is 6.42 Å². The quantitative estimate of drug-likeness (QED) is 0.902. The molecule has 2 nitrogen and oxygen atoms in total. The fraction of sp³-hybridized carbons (Fsp3) is 0.667. The third-order valence-corrected chi connectivity index (χ3v) is 4.66. The maximum atomic E-state index is 5.89. The second kappa shape index (κ2) is 6.62. The van der Waals surface area contributed by atoms with Gasteiger partial charge in [-0.2, -0.15) is 0 Å². The number of benzene rings is 1. The molecule has 0 saturated heterocycles. The van der Waals surface area contributed by atoms with Crippen LogP contribution in [0.15, 0.2) is 18.2 Å². The Balaban J connectivity index is 2.11. The number of aryl methyl sites for hydroxylation is 1. The van der Waals surface area contributed by atoms with Gasteiger partial charge in [0.2, 0.25) is 0 Å². The molecule has 3 atom stereocenters. The van der Waals surface area contributed by atoms with Crippen LogP contribution in [0.1, 0.15) is 50.7 Å². The summed E-state index contributed by atoms with van der Waals surface area (Å²) in [6.07, 6.45) is 6.40. The molecule has 20 heavy (non-hydrogen) atoms. The topological polar surface area (TPSA) is 29.3 Å². The number of nitrogens with zero attached hydrogens (tertiary/aromatic N) is 1. The summed E-state index contributed by atoms with van der Waals surface area (Å²) in [5, 5.41) is 0. The van der Waals surface area contributed by atoms with Crippen LogP contribution in [0.4, 0.5) is 5.69 Å². The Hall–Kier alpha value is -1.02. The molecule has 0 aromatic heterocycles. The molecular weight excluding hydrogens is 244 g/mol. The maximum absolute atomic E-state index is 5.89. The van der Waals surface area contributed by atoms with Crippen molar-refractivity contribution >= 4 is 5.69 Å². The van der Waals surface area contributed by atoms with E-state index in [0.717, 1.165) is 12.3 Å². The molecular formula is C18H30N2. The van der Waals surface area contributed by atoms with Crippen LogP contribution in [0.3, 0.4) is 0 Å². The lowest BCUT2D eigenvalue weighted by Gasteiger charge is -2.36. The van der Waals surface area contributed by atoms with Crippen LogP contribution in [0.2, 0.25) is 0 Å². The molecule has 3 unspecified atom stereocenters. The van der Waals surface area contributed by atoms with Crippen molar-refractivity contribution in [2.24, 2.45) is 11.7 Å². The van der Waals surface area contributed by atoms with Crippen molar-refractivity contribution in [3.8, 4) is 0 Å². The molecule has 0 aliphatic heterocycles. The molecule has 0 amide bonds. The highest BCUT2D eigenvalue weighted by Gasteiger charge is 2.23. The van der Waals surface area contributed by atoms with Crippen LogP contribution in [0.5, 0.6) is 0 Å². The van der Waals surface area contributed by atoms with Gasteiger partial charge in [0.1, 0.15) is 0 Å². The average Bonchev–Trinajstić information content (AvgIpc) is 2.37. The number of rotatable bonds is 4. The van der Waals surface area contributed by atoms with E-state index in [1.807, 2.05) is 0 Å². The van der Waals surface area contributed by atoms with Gasteiger partial charge in [0.15, 0.2) is 0 Å². The summed E-state index contributed by atoms with van der Waals surface area (Å²) >= 11 is 0. The van der Waals surface area contributed by atoms with Gasteiger partial charge in [-0.1, -0.05) is 31.9 Å². The lowest BCUT2D eigenvalue weighted by molar-refractivity contribution is 0.336. The first-order chi connectivity index (χ1) is 9.47. The van der Waals surface area contributed by atoms with Crippen LogP contribution in [0.25, 0.3) is 0 Å². The van der Waals surface area contributed by atoms with E-state index < -0.39 is 0 Å². The summed E-state index contributed by atoms with van der Waals surface area (Å²) in [6.45, 7) is 6.68. The minimum absolute atomic E-state index is 0.233. The predicted molar refractivity (Wildman–Crippen MR) is 88.4 cm³/mol. The maximum Gasteiger partial charge on any atom is 0.0396 e. The third-order valence-electron chi connectivity index (χ3n) is 4.66. The molecule has 1 fully saturated rings. The first-order valence-electron chi connectivity index (χ1n) is 8.05. The first-order valence-corrected chi connectivity index (χ1v) is 8.05. The molecule has 1 saturated carbocycles. The molecule has 0 radical (unpaired) electrons. The van der Waals surface area contributed by atoms with E-state index in [4.69, 9.17) is 5.73 Å². The summed E-state index contributed by atoms with van der Waals surface area (Å²) in [5.74, 6) is 0.869. The van der Waals surface area contributed by atoms with Crippen molar-refractivity contribution in [1.82, 2.24) is 0 Å². The van der Waals surface area contributed by atoms with Crippen molar-refractivity contribution in [1.29, 1.82) is 0 Å². The van der Waals surface area contributed by atoms with Crippen molar-refractivity contribution in [2.45, 2.75) is 65.0 Å². The Kier molecular flexibility index (Phi) is 5.09. The highest BCUT2D eigenvalue weighted by molar-refractivity contribution is 5.54. The zero-order valence-electron chi connectivity index (χ0n) is 13.5. The smallest absolute Gasteiger partial charge is 0.0396 e. The largest absolute Gasteiger partial charge is 0.371 e. The van der Waals surface area contributed by atoms with Gasteiger partial charge in [-0.25, -0.2) is 0 Å². The van der Waals surface area contributed by atoms with Crippen LogP contribution >= 0.6 is 0 Å². The van der Waals surface area contributed by atoms with E-state index in [0.29, 0.717) is 6.04 Å². The Morgan fingerprint density at radius 1 is 1.35 bits per heavy atom. The Morgan fingerprint density at radius 2 is 2.10 bits per heavy atom. The van der Waals surface area contributed by atoms with Crippen LogP contribution in [0, 0.1) is 12.8 Å². The average molecular weight is 274 g/mol. The predicted octanol–water partition coefficient (Wildman–Crippen LogP) is 3.90. The zero-order chi connectivity index (χ0) is 14.7. The van der Waals surface area contributed by atoms with Gasteiger partial charge in [0.25, 0.3) is 0 Å². The molecule has 1 aliphatic rings. The van der Waals surface area contributed by atoms with Gasteiger partial charge in [-0.3, -0.25) is 0 Å². The van der Waals surface area contributed by atoms with Crippen molar-refractivity contribution in [2.75, 3.05) is 11.9 Å². The van der Waals surface area contributed by atoms with Crippen LogP contribution < -0.4 is 10.6 Å². The van der Waals surface area contributed by atoms with E-state index >= 15 is 0 Å². The molecule has 0 heterocycles. The summed E-state index contributed by atoms with van der Waals surface area (Å²) < 4.78 is 0. The molecule has 0 bridgehead atoms. The van der Waals surface area contributed by atoms with Crippen molar-refractivity contribution < 1.29 is 0 Å². The summed E-state index contributed by atoms with van der Waals surface area (Å²) in [5.41, 5.74) is 10.0. The first kappa shape index (κ1) is 15.4. The lowest BCUT2D eigenvalue weighted by Crippen LogP contribution is -2.36. The fourth-order valence-electron chi connectivity index (χ4n) is 3.56. The second-order valence-corrected chi connectivity index (χ2v) is 6.84. The van der Waals surface area contributed by atoms with Crippen molar-refractivity contribution in [3.63, 3.8) is 0 Å². The lowest BCUT2D eigenvalue weighted by atomic mass is 9.86. The van der Waals surface area contributed by atoms with Gasteiger partial charge in [0.05, 0.1) is 0 Å². The molecule has 2 rings (SSSR count). The molecule has 112 valence electrons. The summed E-state index contributed by atoms with van der Waals surface area (Å²) in [6, 6.07) is 7.77. The fourth-order valence-corrected chi connectivity index (χ4v) is 3.56. The summed E-state index contributed by atoms with van der Waals surface area (Å²) in [4.78, 5) is 2.50. The molecule has 2 N–H and O–H groups in total. The number of nitrogens with two attached hydrogens (primary N) is 1. The minimum atomic E-state index is 0.233. The van der Waals surface area contributed by atoms with Gasteiger partial charge in [0, 0.05) is 24.8 Å². The van der Waals surface area contributed by atoms with Gasteiger partial charge in [-0.05, 0) is 56.2 Å². The second-order valence-electron chi connectivity index (χ2n) is 6.84. The molecule has 1 aromatic carbocycles. The Bertz CT molecular complexity index is 439. The van der Waals surface area contributed by atoms with E-state index in [2.05, 4.69) is 50.9 Å². The molecule has 1 aromatic rings. The minimum Gasteiger partial charge on any atom is -0.371 e. The van der Waals surface area contributed by atoms with E-state index in [-0.39, 0.29) is 6.04 Å². The standard InChI is InChI=1S/C18H30N2/c1-13-6-5-7-17(10-13)20(4)18-9-8-16(11-14(18)2)12-15(3)19/h8-9,11,13,15,17H,5-7,10,12,19H2,1-4H3. The normalized spacial score (nSPS) is 24.4. The van der Waals surface area contributed by atoms with E-state index in [1.165, 1.54) is 42.5 Å². The Morgan fingerprint density at radius 3 is 2.70 bits per heavy atom. The highest BCUT2D eigenvalue weighted by atomic mass is 15.1. The van der Waals surface area contributed by atoms with E-state index in [1.54, 1.807) is 0 Å². The third kappa shape index (κ3) is 3.76. The van der Waals surface area contributed by atoms with E-state index in [9.17, 15) is 0 Å². The number of anilines is 1. The van der Waals surface area contributed by atoms with Gasteiger partial charge >= 0.3 is 0 Å². The van der Waals surface area contributed by atoms with Gasteiger partial charge < -0.3 is 10.6 Å². The number of hydrogen-bond donors (Lipinski definition) is 1. The van der Waals surface area contributed by atoms with Crippen molar-refractivity contribution in [3.05, 3.63) is 29.3 Å². The molecule has 2 heteroatoms. The summed E-state index contributed by atoms with van der Waals surface area (Å²) in [7, 11) is 2.26. The monoisotopic (exact) mass is 274 g/mol. The SMILES string of the molecule is Cc1cc(CC(C)N)ccc1N(C)C1CCCC(C)C1. The molecule has 1 aliphatic carbocycles. The van der Waals surface area contributed by atoms with Crippen LogP contribution in [-0.4, -0.2) is 19.1 Å². The Labute approximate surface area is 124 Å². The zero-order valence-corrected chi connectivity index (χ0v) is 13.5. The highest BCUT2D eigenvalue weighted by Crippen LogP contribution is 2.31. The number of hydrogen-bond acceptors (Lipinski definition) is 2.